The van der Waals surface area contributed by atoms with Crippen molar-refractivity contribution in [1.82, 2.24) is 4.31 Å². The fourth-order valence-electron chi connectivity index (χ4n) is 3.08. The molecule has 148 valence electrons. The largest absolute Gasteiger partial charge is 0.493 e. The van der Waals surface area contributed by atoms with E-state index in [1.54, 1.807) is 12.1 Å². The molecule has 2 aromatic rings. The van der Waals surface area contributed by atoms with Crippen molar-refractivity contribution in [2.24, 2.45) is 0 Å². The van der Waals surface area contributed by atoms with Crippen LogP contribution in [0.2, 0.25) is 0 Å². The van der Waals surface area contributed by atoms with E-state index in [1.807, 2.05) is 0 Å². The summed E-state index contributed by atoms with van der Waals surface area (Å²) in [4.78, 5) is -0.00370. The molecule has 1 fully saturated rings. The zero-order valence-corrected chi connectivity index (χ0v) is 16.6. The number of ether oxygens (including phenoxy) is 2. The summed E-state index contributed by atoms with van der Waals surface area (Å²) in [5, 5.41) is 0. The molecule has 1 aliphatic heterocycles. The molecule has 0 bridgehead atoms. The first-order valence-corrected chi connectivity index (χ1v) is 11.5. The Labute approximate surface area is 158 Å². The van der Waals surface area contributed by atoms with Crippen LogP contribution >= 0.6 is 0 Å². The Morgan fingerprint density at radius 3 is 2.48 bits per heavy atom. The van der Waals surface area contributed by atoms with Crippen LogP contribution in [-0.4, -0.2) is 52.9 Å². The molecule has 8 nitrogen and oxygen atoms in total. The first kappa shape index (κ1) is 19.7. The van der Waals surface area contributed by atoms with Gasteiger partial charge in [0.1, 0.15) is 5.76 Å². The summed E-state index contributed by atoms with van der Waals surface area (Å²) in [5.74, 6) is 0.866. The third kappa shape index (κ3) is 4.12. The number of nitrogens with zero attached hydrogens (tertiary/aromatic N) is 1. The number of benzene rings is 1. The van der Waals surface area contributed by atoms with Gasteiger partial charge in [0.15, 0.2) is 21.3 Å². The van der Waals surface area contributed by atoms with E-state index in [0.717, 1.165) is 0 Å². The van der Waals surface area contributed by atoms with E-state index in [-0.39, 0.29) is 35.1 Å². The van der Waals surface area contributed by atoms with Crippen LogP contribution in [0.4, 0.5) is 0 Å². The van der Waals surface area contributed by atoms with Gasteiger partial charge in [-0.05, 0) is 30.7 Å². The zero-order valence-electron chi connectivity index (χ0n) is 15.0. The van der Waals surface area contributed by atoms with Gasteiger partial charge in [-0.15, -0.1) is 0 Å². The maximum absolute atomic E-state index is 13.3. The molecule has 10 heteroatoms. The lowest BCUT2D eigenvalue weighted by Crippen LogP contribution is -2.40. The third-order valence-corrected chi connectivity index (χ3v) is 8.11. The molecular formula is C17H21NO7S2. The minimum Gasteiger partial charge on any atom is -0.493 e. The Morgan fingerprint density at radius 1 is 1.19 bits per heavy atom. The van der Waals surface area contributed by atoms with Crippen LogP contribution in [0, 0.1) is 0 Å². The molecule has 1 aromatic heterocycles. The number of hydrogen-bond donors (Lipinski definition) is 0. The van der Waals surface area contributed by atoms with E-state index >= 15 is 0 Å². The molecule has 0 saturated carbocycles. The number of rotatable bonds is 7. The highest BCUT2D eigenvalue weighted by Crippen LogP contribution is 2.33. The zero-order chi connectivity index (χ0) is 19.7. The van der Waals surface area contributed by atoms with Crippen LogP contribution < -0.4 is 9.47 Å². The fourth-order valence-corrected chi connectivity index (χ4v) is 6.54. The lowest BCUT2D eigenvalue weighted by molar-refractivity contribution is 0.306. The lowest BCUT2D eigenvalue weighted by Gasteiger charge is -2.26. The second-order valence-corrected chi connectivity index (χ2v) is 10.3. The minimum atomic E-state index is -4.00. The van der Waals surface area contributed by atoms with E-state index in [9.17, 15) is 16.8 Å². The molecular weight excluding hydrogens is 394 g/mol. The standard InChI is InChI=1S/C17H21NO7S2/c1-23-16-6-5-15(10-17(16)24-2)27(21,22)18(11-14-4-3-8-25-14)13-7-9-26(19,20)12-13/h3-6,8,10,13H,7,9,11-12H2,1-2H3/t13-/m1/s1. The van der Waals surface area contributed by atoms with Crippen LogP contribution in [0.15, 0.2) is 45.9 Å². The van der Waals surface area contributed by atoms with Gasteiger partial charge in [0.25, 0.3) is 0 Å². The van der Waals surface area contributed by atoms with Crippen molar-refractivity contribution in [3.63, 3.8) is 0 Å². The van der Waals surface area contributed by atoms with Gasteiger partial charge in [-0.1, -0.05) is 0 Å². The molecule has 0 radical (unpaired) electrons. The number of methoxy groups -OCH3 is 2. The molecule has 0 spiro atoms. The molecule has 1 aliphatic rings. The summed E-state index contributed by atoms with van der Waals surface area (Å²) in [7, 11) is -4.39. The highest BCUT2D eigenvalue weighted by Gasteiger charge is 2.39. The van der Waals surface area contributed by atoms with Crippen LogP contribution in [-0.2, 0) is 26.4 Å². The molecule has 1 aromatic carbocycles. The topological polar surface area (TPSA) is 103 Å². The number of furan rings is 1. The highest BCUT2D eigenvalue weighted by molar-refractivity contribution is 7.92. The van der Waals surface area contributed by atoms with Gasteiger partial charge in [-0.25, -0.2) is 16.8 Å². The number of sulfonamides is 1. The summed E-state index contributed by atoms with van der Waals surface area (Å²) < 4.78 is 67.3. The smallest absolute Gasteiger partial charge is 0.243 e. The molecule has 1 saturated heterocycles. The van der Waals surface area contributed by atoms with Crippen molar-refractivity contribution < 1.29 is 30.7 Å². The van der Waals surface area contributed by atoms with Gasteiger partial charge in [-0.2, -0.15) is 4.31 Å². The third-order valence-electron chi connectivity index (χ3n) is 4.47. The molecule has 2 heterocycles. The molecule has 3 rings (SSSR count). The maximum atomic E-state index is 13.3. The Balaban J connectivity index is 2.02. The summed E-state index contributed by atoms with van der Waals surface area (Å²) in [5.41, 5.74) is 0. The van der Waals surface area contributed by atoms with E-state index in [1.165, 1.54) is 43.0 Å². The Bertz CT molecular complexity index is 998. The second kappa shape index (κ2) is 7.53. The molecule has 0 unspecified atom stereocenters. The summed E-state index contributed by atoms with van der Waals surface area (Å²) in [6.45, 7) is -0.0517. The summed E-state index contributed by atoms with van der Waals surface area (Å²) >= 11 is 0. The van der Waals surface area contributed by atoms with Gasteiger partial charge in [-0.3, -0.25) is 0 Å². The van der Waals surface area contributed by atoms with Gasteiger partial charge in [0.05, 0.1) is 43.4 Å². The second-order valence-electron chi connectivity index (χ2n) is 6.20. The van der Waals surface area contributed by atoms with E-state index in [4.69, 9.17) is 13.9 Å². The van der Waals surface area contributed by atoms with E-state index in [2.05, 4.69) is 0 Å². The number of sulfone groups is 1. The molecule has 27 heavy (non-hydrogen) atoms. The lowest BCUT2D eigenvalue weighted by atomic mass is 10.2. The quantitative estimate of drug-likeness (QED) is 0.678. The van der Waals surface area contributed by atoms with Crippen LogP contribution in [0.25, 0.3) is 0 Å². The predicted molar refractivity (Wildman–Crippen MR) is 98.0 cm³/mol. The minimum absolute atomic E-state index is 0.00370. The summed E-state index contributed by atoms with van der Waals surface area (Å²) in [6.07, 6.45) is 1.69. The summed E-state index contributed by atoms with van der Waals surface area (Å²) in [6, 6.07) is 6.94. The fraction of sp³-hybridized carbons (Fsp3) is 0.412. The Hall–Kier alpha value is -2.04. The first-order chi connectivity index (χ1) is 12.8. The molecule has 0 aliphatic carbocycles. The molecule has 0 N–H and O–H groups in total. The van der Waals surface area contributed by atoms with E-state index in [0.29, 0.717) is 11.5 Å². The van der Waals surface area contributed by atoms with Gasteiger partial charge < -0.3 is 13.9 Å². The molecule has 1 atom stereocenters. The monoisotopic (exact) mass is 415 g/mol. The van der Waals surface area contributed by atoms with Crippen molar-refractivity contribution in [3.05, 3.63) is 42.4 Å². The average molecular weight is 415 g/mol. The van der Waals surface area contributed by atoms with E-state index < -0.39 is 25.9 Å². The van der Waals surface area contributed by atoms with Crippen molar-refractivity contribution >= 4 is 19.9 Å². The van der Waals surface area contributed by atoms with Crippen molar-refractivity contribution in [2.45, 2.75) is 23.9 Å². The molecule has 0 amide bonds. The predicted octanol–water partition coefficient (Wildman–Crippen LogP) is 1.67. The van der Waals surface area contributed by atoms with Gasteiger partial charge in [0.2, 0.25) is 10.0 Å². The van der Waals surface area contributed by atoms with Crippen molar-refractivity contribution in [1.29, 1.82) is 0 Å². The SMILES string of the molecule is COc1ccc(S(=O)(=O)N(Cc2ccco2)[C@@H]2CCS(=O)(=O)C2)cc1OC. The van der Waals surface area contributed by atoms with Crippen molar-refractivity contribution in [2.75, 3.05) is 25.7 Å². The maximum Gasteiger partial charge on any atom is 0.243 e. The van der Waals surface area contributed by atoms with Crippen LogP contribution in [0.5, 0.6) is 11.5 Å². The van der Waals surface area contributed by atoms with Gasteiger partial charge in [0, 0.05) is 12.1 Å². The van der Waals surface area contributed by atoms with Crippen LogP contribution in [0.1, 0.15) is 12.2 Å². The highest BCUT2D eigenvalue weighted by atomic mass is 32.2. The van der Waals surface area contributed by atoms with Crippen molar-refractivity contribution in [3.8, 4) is 11.5 Å². The first-order valence-electron chi connectivity index (χ1n) is 8.23. The number of hydrogen-bond acceptors (Lipinski definition) is 7. The normalized spacial score (nSPS) is 19.3. The Kier molecular flexibility index (Phi) is 5.50. The average Bonchev–Trinajstić information content (AvgIpc) is 3.27. The van der Waals surface area contributed by atoms with Gasteiger partial charge >= 0.3 is 0 Å². The Morgan fingerprint density at radius 2 is 1.93 bits per heavy atom. The van der Waals surface area contributed by atoms with Crippen LogP contribution in [0.3, 0.4) is 0 Å².